The van der Waals surface area contributed by atoms with E-state index in [-0.39, 0.29) is 10.6 Å². The van der Waals surface area contributed by atoms with Gasteiger partial charge in [0.2, 0.25) is 0 Å². The van der Waals surface area contributed by atoms with E-state index in [1.54, 1.807) is 6.07 Å². The molecular formula is C14H12ClNO2S. The molecular weight excluding hydrogens is 282 g/mol. The van der Waals surface area contributed by atoms with Crippen molar-refractivity contribution in [3.05, 3.63) is 68.7 Å². The summed E-state index contributed by atoms with van der Waals surface area (Å²) >= 11 is 7.31. The van der Waals surface area contributed by atoms with E-state index in [1.165, 1.54) is 29.5 Å². The van der Waals surface area contributed by atoms with E-state index in [9.17, 15) is 10.1 Å². The van der Waals surface area contributed by atoms with Gasteiger partial charge in [-0.3, -0.25) is 10.1 Å². The van der Waals surface area contributed by atoms with Crippen molar-refractivity contribution in [2.75, 3.05) is 0 Å². The molecule has 2 aromatic rings. The number of aryl methyl sites for hydroxylation is 1. The Morgan fingerprint density at radius 1 is 1.21 bits per heavy atom. The summed E-state index contributed by atoms with van der Waals surface area (Å²) in [5.41, 5.74) is 2.42. The summed E-state index contributed by atoms with van der Waals surface area (Å²) in [6.07, 6.45) is 0. The minimum Gasteiger partial charge on any atom is -0.258 e. The van der Waals surface area contributed by atoms with Crippen LogP contribution in [0.2, 0.25) is 5.02 Å². The normalized spacial score (nSPS) is 10.4. The van der Waals surface area contributed by atoms with Crippen LogP contribution in [0, 0.1) is 17.0 Å². The van der Waals surface area contributed by atoms with Crippen molar-refractivity contribution >= 4 is 29.1 Å². The summed E-state index contributed by atoms with van der Waals surface area (Å²) in [5, 5.41) is 11.4. The summed E-state index contributed by atoms with van der Waals surface area (Å²) < 4.78 is 0. The van der Waals surface area contributed by atoms with Crippen molar-refractivity contribution in [3.8, 4) is 0 Å². The third-order valence-electron chi connectivity index (χ3n) is 2.63. The van der Waals surface area contributed by atoms with E-state index in [0.717, 1.165) is 5.56 Å². The number of nitro benzene ring substituents is 1. The Morgan fingerprint density at radius 3 is 2.53 bits per heavy atom. The largest absolute Gasteiger partial charge is 0.282 e. The van der Waals surface area contributed by atoms with Crippen molar-refractivity contribution in [1.29, 1.82) is 0 Å². The van der Waals surface area contributed by atoms with Crippen molar-refractivity contribution in [3.63, 3.8) is 0 Å². The van der Waals surface area contributed by atoms with Gasteiger partial charge in [-0.25, -0.2) is 0 Å². The Morgan fingerprint density at radius 2 is 1.89 bits per heavy atom. The van der Waals surface area contributed by atoms with Crippen molar-refractivity contribution < 1.29 is 4.92 Å². The van der Waals surface area contributed by atoms with Gasteiger partial charge in [0.1, 0.15) is 0 Å². The van der Waals surface area contributed by atoms with Gasteiger partial charge >= 0.3 is 0 Å². The first kappa shape index (κ1) is 13.9. The van der Waals surface area contributed by atoms with Crippen LogP contribution < -0.4 is 0 Å². The number of halogens is 1. The SMILES string of the molecule is Cc1ccc(CSc2cc(Cl)ccc2[N+](=O)[O-])cc1. The van der Waals surface area contributed by atoms with Crippen LogP contribution in [0.1, 0.15) is 11.1 Å². The zero-order chi connectivity index (χ0) is 13.8. The molecule has 0 amide bonds. The van der Waals surface area contributed by atoms with Gasteiger partial charge in [0.25, 0.3) is 5.69 Å². The van der Waals surface area contributed by atoms with E-state index >= 15 is 0 Å². The van der Waals surface area contributed by atoms with Crippen LogP contribution in [0.3, 0.4) is 0 Å². The minimum atomic E-state index is -0.381. The van der Waals surface area contributed by atoms with Gasteiger partial charge in [-0.05, 0) is 24.6 Å². The van der Waals surface area contributed by atoms with Crippen molar-refractivity contribution in [2.24, 2.45) is 0 Å². The molecule has 0 unspecified atom stereocenters. The highest BCUT2D eigenvalue weighted by Gasteiger charge is 2.14. The molecule has 98 valence electrons. The summed E-state index contributed by atoms with van der Waals surface area (Å²) in [7, 11) is 0. The lowest BCUT2D eigenvalue weighted by Gasteiger charge is -2.04. The second-order valence-corrected chi connectivity index (χ2v) is 5.60. The lowest BCUT2D eigenvalue weighted by Crippen LogP contribution is -1.91. The third-order valence-corrected chi connectivity index (χ3v) is 3.98. The van der Waals surface area contributed by atoms with E-state index in [4.69, 9.17) is 11.6 Å². The molecule has 0 aliphatic rings. The van der Waals surface area contributed by atoms with Crippen LogP contribution in [0.15, 0.2) is 47.4 Å². The van der Waals surface area contributed by atoms with Crippen LogP contribution in [-0.2, 0) is 5.75 Å². The van der Waals surface area contributed by atoms with Gasteiger partial charge in [-0.1, -0.05) is 41.4 Å². The highest BCUT2D eigenvalue weighted by molar-refractivity contribution is 7.98. The fourth-order valence-corrected chi connectivity index (χ4v) is 2.85. The molecule has 3 nitrogen and oxygen atoms in total. The lowest BCUT2D eigenvalue weighted by molar-refractivity contribution is -0.387. The maximum atomic E-state index is 10.9. The Labute approximate surface area is 120 Å². The molecule has 2 aromatic carbocycles. The third kappa shape index (κ3) is 3.72. The predicted octanol–water partition coefficient (Wildman–Crippen LogP) is 4.85. The highest BCUT2D eigenvalue weighted by atomic mass is 35.5. The molecule has 0 aliphatic heterocycles. The Hall–Kier alpha value is -1.52. The van der Waals surface area contributed by atoms with Gasteiger partial charge in [0, 0.05) is 16.8 Å². The van der Waals surface area contributed by atoms with E-state index in [2.05, 4.69) is 0 Å². The van der Waals surface area contributed by atoms with E-state index < -0.39 is 0 Å². The van der Waals surface area contributed by atoms with Gasteiger partial charge in [0.05, 0.1) is 9.82 Å². The number of hydrogen-bond acceptors (Lipinski definition) is 3. The van der Waals surface area contributed by atoms with Crippen LogP contribution in [-0.4, -0.2) is 4.92 Å². The quantitative estimate of drug-likeness (QED) is 0.460. The molecule has 0 atom stereocenters. The monoisotopic (exact) mass is 293 g/mol. The van der Waals surface area contributed by atoms with Gasteiger partial charge in [0.15, 0.2) is 0 Å². The first-order chi connectivity index (χ1) is 9.06. The van der Waals surface area contributed by atoms with E-state index in [0.29, 0.717) is 15.7 Å². The smallest absolute Gasteiger partial charge is 0.258 e. The number of benzene rings is 2. The fraction of sp³-hybridized carbons (Fsp3) is 0.143. The Kier molecular flexibility index (Phi) is 4.45. The van der Waals surface area contributed by atoms with Crippen LogP contribution >= 0.6 is 23.4 Å². The molecule has 0 saturated carbocycles. The number of rotatable bonds is 4. The predicted molar refractivity (Wildman–Crippen MR) is 78.8 cm³/mol. The number of thioether (sulfide) groups is 1. The zero-order valence-corrected chi connectivity index (χ0v) is 11.9. The average molecular weight is 294 g/mol. The first-order valence-corrected chi connectivity index (χ1v) is 7.05. The maximum absolute atomic E-state index is 10.9. The molecule has 0 N–H and O–H groups in total. The molecule has 0 aliphatic carbocycles. The Balaban J connectivity index is 2.16. The molecule has 0 heterocycles. The standard InChI is InChI=1S/C14H12ClNO2S/c1-10-2-4-11(5-3-10)9-19-14-8-12(15)6-7-13(14)16(17)18/h2-8H,9H2,1H3. The molecule has 0 fully saturated rings. The lowest BCUT2D eigenvalue weighted by atomic mass is 10.2. The second-order valence-electron chi connectivity index (χ2n) is 4.14. The summed E-state index contributed by atoms with van der Waals surface area (Å²) in [6.45, 7) is 2.03. The zero-order valence-electron chi connectivity index (χ0n) is 10.3. The number of nitrogens with zero attached hydrogens (tertiary/aromatic N) is 1. The molecule has 0 spiro atoms. The number of nitro groups is 1. The van der Waals surface area contributed by atoms with Gasteiger partial charge < -0.3 is 0 Å². The molecule has 19 heavy (non-hydrogen) atoms. The minimum absolute atomic E-state index is 0.0986. The molecule has 0 aromatic heterocycles. The summed E-state index contributed by atoms with van der Waals surface area (Å²) in [5.74, 6) is 0.682. The molecule has 0 saturated heterocycles. The Bertz CT molecular complexity index is 599. The van der Waals surface area contributed by atoms with Gasteiger partial charge in [-0.2, -0.15) is 0 Å². The number of hydrogen-bond donors (Lipinski definition) is 0. The topological polar surface area (TPSA) is 43.1 Å². The van der Waals surface area contributed by atoms with E-state index in [1.807, 2.05) is 31.2 Å². The molecule has 2 rings (SSSR count). The van der Waals surface area contributed by atoms with Crippen molar-refractivity contribution in [2.45, 2.75) is 17.6 Å². The average Bonchev–Trinajstić information content (AvgIpc) is 2.38. The highest BCUT2D eigenvalue weighted by Crippen LogP contribution is 2.33. The molecule has 0 radical (unpaired) electrons. The first-order valence-electron chi connectivity index (χ1n) is 5.68. The van der Waals surface area contributed by atoms with Crippen molar-refractivity contribution in [1.82, 2.24) is 0 Å². The fourth-order valence-electron chi connectivity index (χ4n) is 1.60. The van der Waals surface area contributed by atoms with Gasteiger partial charge in [-0.15, -0.1) is 11.8 Å². The second kappa shape index (κ2) is 6.08. The maximum Gasteiger partial charge on any atom is 0.282 e. The van der Waals surface area contributed by atoms with Crippen LogP contribution in [0.25, 0.3) is 0 Å². The van der Waals surface area contributed by atoms with Crippen LogP contribution in [0.5, 0.6) is 0 Å². The summed E-state index contributed by atoms with van der Waals surface area (Å²) in [4.78, 5) is 11.2. The molecule has 0 bridgehead atoms. The summed E-state index contributed by atoms with van der Waals surface area (Å²) in [6, 6.07) is 12.7. The van der Waals surface area contributed by atoms with Crippen LogP contribution in [0.4, 0.5) is 5.69 Å². The molecule has 5 heteroatoms.